The fourth-order valence-electron chi connectivity index (χ4n) is 3.40. The maximum atomic E-state index is 12.4. The molecule has 1 heterocycles. The third-order valence-electron chi connectivity index (χ3n) is 4.63. The molecule has 0 saturated carbocycles. The maximum absolute atomic E-state index is 12.4. The maximum Gasteiger partial charge on any atom is 0.336 e. The van der Waals surface area contributed by atoms with E-state index in [1.54, 1.807) is 6.92 Å². The second-order valence-electron chi connectivity index (χ2n) is 6.05. The Labute approximate surface area is 153 Å². The topological polar surface area (TPSA) is 141 Å². The minimum absolute atomic E-state index is 0.00139. The van der Waals surface area contributed by atoms with Gasteiger partial charge in [0.25, 0.3) is 5.69 Å². The van der Waals surface area contributed by atoms with Crippen molar-refractivity contribution < 1.29 is 19.6 Å². The molecule has 0 aromatic heterocycles. The largest absolute Gasteiger partial charge is 0.508 e. The minimum atomic E-state index is -1.35. The number of nitrogens with zero attached hydrogens (tertiary/aromatic N) is 3. The van der Waals surface area contributed by atoms with Crippen LogP contribution in [0, 0.1) is 26.9 Å². The average molecular weight is 366 g/mol. The van der Waals surface area contributed by atoms with Crippen LogP contribution < -0.4 is 4.90 Å². The number of rotatable bonds is 3. The number of ether oxygens (including phenoxy) is 1. The average Bonchev–Trinajstić information content (AvgIpc) is 2.86. The predicted octanol–water partition coefficient (Wildman–Crippen LogP) is 2.53. The summed E-state index contributed by atoms with van der Waals surface area (Å²) >= 11 is 0. The van der Waals surface area contributed by atoms with Crippen molar-refractivity contribution >= 4 is 23.2 Å². The molecule has 9 heteroatoms. The van der Waals surface area contributed by atoms with E-state index in [0.29, 0.717) is 0 Å². The van der Waals surface area contributed by atoms with Crippen LogP contribution in [0.15, 0.2) is 58.9 Å². The first-order valence-electron chi connectivity index (χ1n) is 7.75. The molecule has 0 spiro atoms. The van der Waals surface area contributed by atoms with Gasteiger partial charge in [-0.25, -0.2) is 4.79 Å². The molecule has 0 amide bonds. The molecule has 1 aromatic rings. The minimum Gasteiger partial charge on any atom is -0.508 e. The van der Waals surface area contributed by atoms with Gasteiger partial charge in [-0.3, -0.25) is 15.5 Å². The van der Waals surface area contributed by atoms with Crippen molar-refractivity contribution in [2.24, 2.45) is 0 Å². The highest BCUT2D eigenvalue weighted by Gasteiger charge is 2.53. The van der Waals surface area contributed by atoms with Crippen LogP contribution in [0.1, 0.15) is 6.92 Å². The summed E-state index contributed by atoms with van der Waals surface area (Å²) in [6.07, 6.45) is 2.50. The van der Waals surface area contributed by atoms with Gasteiger partial charge in [-0.05, 0) is 25.1 Å². The molecule has 1 unspecified atom stereocenters. The Hall–Kier alpha value is -3.93. The first-order chi connectivity index (χ1) is 12.7. The Morgan fingerprint density at radius 1 is 1.44 bits per heavy atom. The Kier molecular flexibility index (Phi) is 4.04. The van der Waals surface area contributed by atoms with Gasteiger partial charge in [-0.1, -0.05) is 6.07 Å². The number of carbonyl (C=O) groups is 1. The zero-order valence-corrected chi connectivity index (χ0v) is 14.4. The zero-order valence-electron chi connectivity index (χ0n) is 14.4. The van der Waals surface area contributed by atoms with E-state index in [4.69, 9.17) is 10.1 Å². The summed E-state index contributed by atoms with van der Waals surface area (Å²) in [5.41, 5.74) is -1.11. The molecule has 27 heavy (non-hydrogen) atoms. The number of esters is 1. The Bertz CT molecular complexity index is 1030. The zero-order chi connectivity index (χ0) is 19.9. The van der Waals surface area contributed by atoms with E-state index in [0.717, 1.165) is 0 Å². The lowest BCUT2D eigenvalue weighted by Gasteiger charge is -2.40. The van der Waals surface area contributed by atoms with Crippen LogP contribution >= 0.6 is 0 Å². The number of nitro groups is 1. The number of non-ortho nitro benzene ring substituents is 1. The van der Waals surface area contributed by atoms with Gasteiger partial charge in [-0.2, -0.15) is 5.26 Å². The molecule has 1 aliphatic heterocycles. The van der Waals surface area contributed by atoms with Crippen LogP contribution in [0.25, 0.3) is 0 Å². The van der Waals surface area contributed by atoms with Crippen molar-refractivity contribution in [3.8, 4) is 6.07 Å². The summed E-state index contributed by atoms with van der Waals surface area (Å²) in [4.78, 5) is 24.3. The summed E-state index contributed by atoms with van der Waals surface area (Å²) in [6, 6.07) is 7.46. The smallest absolute Gasteiger partial charge is 0.336 e. The Morgan fingerprint density at radius 2 is 2.15 bits per heavy atom. The van der Waals surface area contributed by atoms with E-state index in [1.165, 1.54) is 48.4 Å². The quantitative estimate of drug-likeness (QED) is 0.475. The SMILES string of the molecule is COC(=O)C1=CC(O)=CC2=C(C#N)C(=N)N(c3cccc([N+](=O)[O-])c3)C12C. The number of fused-ring (bicyclic) bond motifs is 1. The fraction of sp³-hybridized carbons (Fsp3) is 0.167. The second kappa shape index (κ2) is 6.10. The van der Waals surface area contributed by atoms with Gasteiger partial charge in [-0.15, -0.1) is 0 Å². The molecule has 3 rings (SSSR count). The number of aliphatic hydroxyl groups excluding tert-OH is 1. The number of carbonyl (C=O) groups excluding carboxylic acids is 1. The molecule has 136 valence electrons. The molecule has 1 atom stereocenters. The third-order valence-corrected chi connectivity index (χ3v) is 4.63. The van der Waals surface area contributed by atoms with E-state index >= 15 is 0 Å². The van der Waals surface area contributed by atoms with Crippen LogP contribution in [0.5, 0.6) is 0 Å². The van der Waals surface area contributed by atoms with Crippen molar-refractivity contribution in [3.63, 3.8) is 0 Å². The van der Waals surface area contributed by atoms with Crippen molar-refractivity contribution in [3.05, 3.63) is 69.0 Å². The predicted molar refractivity (Wildman–Crippen MR) is 95.2 cm³/mol. The lowest BCUT2D eigenvalue weighted by molar-refractivity contribution is -0.384. The number of hydrogen-bond acceptors (Lipinski definition) is 7. The lowest BCUT2D eigenvalue weighted by Crippen LogP contribution is -2.50. The highest BCUT2D eigenvalue weighted by atomic mass is 16.6. The van der Waals surface area contributed by atoms with Gasteiger partial charge >= 0.3 is 5.97 Å². The summed E-state index contributed by atoms with van der Waals surface area (Å²) in [6.45, 7) is 1.59. The Balaban J connectivity index is 2.29. The number of nitrogens with one attached hydrogen (secondary N) is 1. The van der Waals surface area contributed by atoms with Crippen molar-refractivity contribution in [1.29, 1.82) is 10.7 Å². The van der Waals surface area contributed by atoms with E-state index < -0.39 is 16.4 Å². The highest BCUT2D eigenvalue weighted by Crippen LogP contribution is 2.47. The number of allylic oxidation sites excluding steroid dienone is 1. The van der Waals surface area contributed by atoms with Gasteiger partial charge < -0.3 is 14.7 Å². The van der Waals surface area contributed by atoms with Crippen molar-refractivity contribution in [2.75, 3.05) is 12.0 Å². The summed E-state index contributed by atoms with van der Waals surface area (Å²) in [5, 5.41) is 39.1. The summed E-state index contributed by atoms with van der Waals surface area (Å²) in [5.74, 6) is -1.25. The number of nitro benzene ring substituents is 1. The van der Waals surface area contributed by atoms with Crippen molar-refractivity contribution in [2.45, 2.75) is 12.5 Å². The van der Waals surface area contributed by atoms with Gasteiger partial charge in [0.15, 0.2) is 0 Å². The molecule has 1 aromatic carbocycles. The van der Waals surface area contributed by atoms with E-state index in [9.17, 15) is 25.3 Å². The van der Waals surface area contributed by atoms with Gasteiger partial charge in [0, 0.05) is 17.7 Å². The standard InChI is InChI=1S/C18H14N4O5/c1-18-14(7-12(23)8-15(18)17(24)27-2)13(9-19)16(20)21(18)10-4-3-5-11(6-10)22(25)26/h3-8,20,23H,1-2H3. The van der Waals surface area contributed by atoms with Gasteiger partial charge in [0.1, 0.15) is 28.8 Å². The first kappa shape index (κ1) is 17.9. The van der Waals surface area contributed by atoms with Crippen LogP contribution in [0.3, 0.4) is 0 Å². The monoisotopic (exact) mass is 366 g/mol. The first-order valence-corrected chi connectivity index (χ1v) is 7.75. The van der Waals surface area contributed by atoms with Crippen LogP contribution in [0.2, 0.25) is 0 Å². The molecular weight excluding hydrogens is 352 g/mol. The fourth-order valence-corrected chi connectivity index (χ4v) is 3.40. The van der Waals surface area contributed by atoms with E-state index in [-0.39, 0.29) is 39.7 Å². The molecule has 1 aliphatic carbocycles. The molecule has 9 nitrogen and oxygen atoms in total. The lowest BCUT2D eigenvalue weighted by atomic mass is 9.79. The van der Waals surface area contributed by atoms with E-state index in [1.807, 2.05) is 6.07 Å². The molecule has 0 saturated heterocycles. The number of aliphatic hydroxyl groups is 1. The number of hydrogen-bond donors (Lipinski definition) is 2. The van der Waals surface area contributed by atoms with Gasteiger partial charge in [0.05, 0.1) is 23.3 Å². The third kappa shape index (κ3) is 2.46. The number of anilines is 1. The number of nitriles is 1. The summed E-state index contributed by atoms with van der Waals surface area (Å²) in [7, 11) is 1.18. The van der Waals surface area contributed by atoms with Crippen LogP contribution in [-0.4, -0.2) is 34.5 Å². The van der Waals surface area contributed by atoms with Crippen molar-refractivity contribution in [1.82, 2.24) is 0 Å². The van der Waals surface area contributed by atoms with Crippen LogP contribution in [0.4, 0.5) is 11.4 Å². The van der Waals surface area contributed by atoms with Gasteiger partial charge in [0.2, 0.25) is 0 Å². The summed E-state index contributed by atoms with van der Waals surface area (Å²) < 4.78 is 4.81. The Morgan fingerprint density at radius 3 is 2.74 bits per heavy atom. The highest BCUT2D eigenvalue weighted by molar-refractivity contribution is 6.18. The number of benzene rings is 1. The molecular formula is C18H14N4O5. The van der Waals surface area contributed by atoms with E-state index in [2.05, 4.69) is 0 Å². The second-order valence-corrected chi connectivity index (χ2v) is 6.05. The molecule has 2 aliphatic rings. The molecule has 0 bridgehead atoms. The van der Waals surface area contributed by atoms with Crippen LogP contribution in [-0.2, 0) is 9.53 Å². The number of methoxy groups -OCH3 is 1. The molecule has 0 fully saturated rings. The molecule has 2 N–H and O–H groups in total. The number of amidine groups is 1. The normalized spacial score (nSPS) is 21.2. The molecule has 0 radical (unpaired) electrons.